The second kappa shape index (κ2) is 4.31. The van der Waals surface area contributed by atoms with Crippen LogP contribution in [0, 0.1) is 0 Å². The first-order valence-electron chi connectivity index (χ1n) is 6.04. The van der Waals surface area contributed by atoms with E-state index in [1.54, 1.807) is 11.8 Å². The van der Waals surface area contributed by atoms with E-state index in [0.29, 0.717) is 11.4 Å². The van der Waals surface area contributed by atoms with E-state index in [4.69, 9.17) is 10.5 Å². The van der Waals surface area contributed by atoms with Gasteiger partial charge in [0.15, 0.2) is 0 Å². The average Bonchev–Trinajstić information content (AvgIpc) is 2.86. The number of aryl methyl sites for hydroxylation is 1. The number of benzene rings is 2. The zero-order chi connectivity index (χ0) is 13.4. The summed E-state index contributed by atoms with van der Waals surface area (Å²) in [5.41, 5.74) is 8.98. The topological polar surface area (TPSA) is 53.1 Å². The molecule has 0 aliphatic carbocycles. The van der Waals surface area contributed by atoms with E-state index in [9.17, 15) is 0 Å². The molecule has 0 radical (unpaired) electrons. The highest BCUT2D eigenvalue weighted by Crippen LogP contribution is 2.33. The minimum Gasteiger partial charge on any atom is -0.495 e. The average molecular weight is 253 g/mol. The smallest absolute Gasteiger partial charge is 0.142 e. The summed E-state index contributed by atoms with van der Waals surface area (Å²) in [6, 6.07) is 10.1. The maximum Gasteiger partial charge on any atom is 0.142 e. The quantitative estimate of drug-likeness (QED) is 0.714. The number of anilines is 1. The summed E-state index contributed by atoms with van der Waals surface area (Å²) in [7, 11) is 3.53. The van der Waals surface area contributed by atoms with Gasteiger partial charge in [-0.05, 0) is 23.1 Å². The van der Waals surface area contributed by atoms with Crippen molar-refractivity contribution >= 4 is 16.5 Å². The van der Waals surface area contributed by atoms with Crippen LogP contribution in [0.4, 0.5) is 5.69 Å². The fourth-order valence-electron chi connectivity index (χ4n) is 2.25. The molecule has 0 saturated carbocycles. The van der Waals surface area contributed by atoms with Gasteiger partial charge in [-0.3, -0.25) is 4.68 Å². The highest BCUT2D eigenvalue weighted by molar-refractivity contribution is 5.98. The number of ether oxygens (including phenoxy) is 1. The second-order valence-corrected chi connectivity index (χ2v) is 4.52. The van der Waals surface area contributed by atoms with Crippen LogP contribution in [0.15, 0.2) is 42.7 Å². The maximum atomic E-state index is 6.14. The van der Waals surface area contributed by atoms with Gasteiger partial charge in [0.25, 0.3) is 0 Å². The maximum absolute atomic E-state index is 6.14. The van der Waals surface area contributed by atoms with Gasteiger partial charge in [-0.15, -0.1) is 0 Å². The van der Waals surface area contributed by atoms with Crippen molar-refractivity contribution in [2.24, 2.45) is 7.05 Å². The Morgan fingerprint density at radius 1 is 1.16 bits per heavy atom. The molecule has 0 aliphatic heterocycles. The molecule has 2 aromatic carbocycles. The minimum absolute atomic E-state index is 0.672. The lowest BCUT2D eigenvalue weighted by Crippen LogP contribution is -1.93. The summed E-state index contributed by atoms with van der Waals surface area (Å²) in [5, 5.41) is 6.29. The van der Waals surface area contributed by atoms with E-state index in [0.717, 1.165) is 21.9 Å². The van der Waals surface area contributed by atoms with Gasteiger partial charge in [-0.25, -0.2) is 0 Å². The molecule has 1 aromatic heterocycles. The predicted octanol–water partition coefficient (Wildman–Crippen LogP) is 2.83. The first-order chi connectivity index (χ1) is 9.19. The lowest BCUT2D eigenvalue weighted by atomic mass is 10.0. The standard InChI is InChI=1S/C15H15N3O/c1-18-9-12(8-17-18)11-4-3-10-5-6-14(19-2)15(16)13(10)7-11/h3-9H,16H2,1-2H3. The first-order valence-corrected chi connectivity index (χ1v) is 6.04. The third-order valence-corrected chi connectivity index (χ3v) is 3.28. The van der Waals surface area contributed by atoms with Gasteiger partial charge < -0.3 is 10.5 Å². The fourth-order valence-corrected chi connectivity index (χ4v) is 2.25. The monoisotopic (exact) mass is 253 g/mol. The van der Waals surface area contributed by atoms with Gasteiger partial charge in [0.05, 0.1) is 19.0 Å². The molecule has 0 unspecified atom stereocenters. The number of rotatable bonds is 2. The number of methoxy groups -OCH3 is 1. The lowest BCUT2D eigenvalue weighted by molar-refractivity contribution is 0.417. The van der Waals surface area contributed by atoms with Crippen LogP contribution in [0.2, 0.25) is 0 Å². The number of fused-ring (bicyclic) bond motifs is 1. The van der Waals surface area contributed by atoms with Crippen molar-refractivity contribution in [2.45, 2.75) is 0 Å². The molecule has 0 amide bonds. The molecule has 3 rings (SSSR count). The van der Waals surface area contributed by atoms with Gasteiger partial charge in [0, 0.05) is 24.2 Å². The van der Waals surface area contributed by atoms with E-state index >= 15 is 0 Å². The fraction of sp³-hybridized carbons (Fsp3) is 0.133. The third kappa shape index (κ3) is 1.91. The Morgan fingerprint density at radius 3 is 2.63 bits per heavy atom. The Hall–Kier alpha value is -2.49. The van der Waals surface area contributed by atoms with Gasteiger partial charge in [-0.1, -0.05) is 18.2 Å². The summed E-state index contributed by atoms with van der Waals surface area (Å²) in [5.74, 6) is 0.704. The number of nitrogen functional groups attached to an aromatic ring is 1. The zero-order valence-electron chi connectivity index (χ0n) is 10.9. The van der Waals surface area contributed by atoms with E-state index in [2.05, 4.69) is 23.3 Å². The van der Waals surface area contributed by atoms with E-state index < -0.39 is 0 Å². The number of aromatic nitrogens is 2. The van der Waals surface area contributed by atoms with Gasteiger partial charge in [0.2, 0.25) is 0 Å². The van der Waals surface area contributed by atoms with E-state index in [-0.39, 0.29) is 0 Å². The molecule has 96 valence electrons. The number of nitrogens with zero attached hydrogens (tertiary/aromatic N) is 2. The summed E-state index contributed by atoms with van der Waals surface area (Å²) in [4.78, 5) is 0. The molecule has 19 heavy (non-hydrogen) atoms. The molecule has 0 saturated heterocycles. The minimum atomic E-state index is 0.672. The SMILES string of the molecule is COc1ccc2ccc(-c3cnn(C)c3)cc2c1N. The number of hydrogen-bond acceptors (Lipinski definition) is 3. The van der Waals surface area contributed by atoms with Crippen molar-refractivity contribution in [3.05, 3.63) is 42.7 Å². The molecule has 3 aromatic rings. The van der Waals surface area contributed by atoms with Gasteiger partial charge >= 0.3 is 0 Å². The van der Waals surface area contributed by atoms with Gasteiger partial charge in [-0.2, -0.15) is 5.10 Å². The van der Waals surface area contributed by atoms with Crippen molar-refractivity contribution in [2.75, 3.05) is 12.8 Å². The molecule has 4 nitrogen and oxygen atoms in total. The van der Waals surface area contributed by atoms with Crippen molar-refractivity contribution in [1.82, 2.24) is 9.78 Å². The Bertz CT molecular complexity index is 746. The highest BCUT2D eigenvalue weighted by Gasteiger charge is 2.07. The summed E-state index contributed by atoms with van der Waals surface area (Å²) in [6.45, 7) is 0. The molecule has 0 spiro atoms. The first kappa shape index (κ1) is 11.6. The van der Waals surface area contributed by atoms with Crippen LogP contribution in [0.3, 0.4) is 0 Å². The van der Waals surface area contributed by atoms with Crippen molar-refractivity contribution in [1.29, 1.82) is 0 Å². The van der Waals surface area contributed by atoms with E-state index in [1.165, 1.54) is 0 Å². The predicted molar refractivity (Wildman–Crippen MR) is 77.1 cm³/mol. The third-order valence-electron chi connectivity index (χ3n) is 3.28. The van der Waals surface area contributed by atoms with Crippen LogP contribution in [-0.4, -0.2) is 16.9 Å². The molecule has 2 N–H and O–H groups in total. The Balaban J connectivity index is 2.21. The lowest BCUT2D eigenvalue weighted by Gasteiger charge is -2.09. The van der Waals surface area contributed by atoms with Crippen molar-refractivity contribution in [3.63, 3.8) is 0 Å². The van der Waals surface area contributed by atoms with Crippen LogP contribution >= 0.6 is 0 Å². The molecule has 1 heterocycles. The molecular formula is C15H15N3O. The van der Waals surface area contributed by atoms with Gasteiger partial charge in [0.1, 0.15) is 5.75 Å². The van der Waals surface area contributed by atoms with Crippen LogP contribution in [0.25, 0.3) is 21.9 Å². The Labute approximate surface area is 111 Å². The molecule has 0 fully saturated rings. The van der Waals surface area contributed by atoms with E-state index in [1.807, 2.05) is 31.6 Å². The second-order valence-electron chi connectivity index (χ2n) is 4.52. The number of nitrogens with two attached hydrogens (primary N) is 1. The summed E-state index contributed by atoms with van der Waals surface area (Å²) < 4.78 is 7.05. The molecular weight excluding hydrogens is 238 g/mol. The summed E-state index contributed by atoms with van der Waals surface area (Å²) in [6.07, 6.45) is 3.83. The Morgan fingerprint density at radius 2 is 1.95 bits per heavy atom. The Kier molecular flexibility index (Phi) is 2.63. The molecule has 0 atom stereocenters. The van der Waals surface area contributed by atoms with Crippen molar-refractivity contribution in [3.8, 4) is 16.9 Å². The highest BCUT2D eigenvalue weighted by atomic mass is 16.5. The molecule has 4 heteroatoms. The van der Waals surface area contributed by atoms with Crippen LogP contribution in [0.5, 0.6) is 5.75 Å². The normalized spacial score (nSPS) is 10.8. The van der Waals surface area contributed by atoms with Crippen LogP contribution < -0.4 is 10.5 Å². The number of hydrogen-bond donors (Lipinski definition) is 1. The zero-order valence-corrected chi connectivity index (χ0v) is 10.9. The largest absolute Gasteiger partial charge is 0.495 e. The van der Waals surface area contributed by atoms with Crippen molar-refractivity contribution < 1.29 is 4.74 Å². The van der Waals surface area contributed by atoms with Crippen LogP contribution in [0.1, 0.15) is 0 Å². The summed E-state index contributed by atoms with van der Waals surface area (Å²) >= 11 is 0. The molecule has 0 bridgehead atoms. The van der Waals surface area contributed by atoms with Crippen LogP contribution in [-0.2, 0) is 7.05 Å². The molecule has 0 aliphatic rings.